The molecular weight excluding hydrogens is 850 g/mol. The standard InChI is InChI=1S/C29H31FI3N5O2/c1-4-37(15-25(36(3)16-29(31,32)33)18-8-10-19(30)11-9-18)28(40)21-13-24-22(12-17(21)2)26-23(27(39)35-24)14-34-38(26)20-6-5-7-20/h8-14,20,25H,4-7,15-16H2,1-3H3,(H,35,39). The summed E-state index contributed by atoms with van der Waals surface area (Å²) in [7, 11) is 2.04. The fraction of sp³-hybridized carbons (Fsp3) is 0.414. The van der Waals surface area contributed by atoms with Crippen molar-refractivity contribution in [2.45, 2.75) is 44.6 Å². The third kappa shape index (κ3) is 6.21. The maximum absolute atomic E-state index is 14.0. The van der Waals surface area contributed by atoms with Crippen LogP contribution in [0.3, 0.4) is 0 Å². The first kappa shape index (κ1) is 30.1. The van der Waals surface area contributed by atoms with Crippen molar-refractivity contribution in [2.24, 2.45) is 0 Å². The average Bonchev–Trinajstić information content (AvgIpc) is 3.28. The van der Waals surface area contributed by atoms with Gasteiger partial charge in [-0.3, -0.25) is 19.2 Å². The highest BCUT2D eigenvalue weighted by atomic mass is 127. The van der Waals surface area contributed by atoms with Gasteiger partial charge in [0.05, 0.1) is 34.7 Å². The van der Waals surface area contributed by atoms with E-state index in [1.54, 1.807) is 18.3 Å². The molecule has 1 atom stereocenters. The largest absolute Gasteiger partial charge is 0.337 e. The van der Waals surface area contributed by atoms with E-state index in [2.05, 4.69) is 82.8 Å². The van der Waals surface area contributed by atoms with Crippen LogP contribution in [0.2, 0.25) is 0 Å². The number of amides is 1. The lowest BCUT2D eigenvalue weighted by molar-refractivity contribution is 0.0708. The molecule has 1 amide bonds. The van der Waals surface area contributed by atoms with Gasteiger partial charge in [-0.1, -0.05) is 79.9 Å². The second kappa shape index (κ2) is 12.1. The first-order valence-corrected chi connectivity index (χ1v) is 16.6. The van der Waals surface area contributed by atoms with Crippen LogP contribution in [0, 0.1) is 12.7 Å². The number of fused-ring (bicyclic) bond motifs is 3. The molecule has 0 saturated heterocycles. The van der Waals surface area contributed by atoms with Crippen LogP contribution < -0.4 is 5.56 Å². The highest BCUT2D eigenvalue weighted by Crippen LogP contribution is 2.38. The Balaban J connectivity index is 1.52. The summed E-state index contributed by atoms with van der Waals surface area (Å²) in [5.41, 5.74) is 3.65. The number of hydrogen-bond donors (Lipinski definition) is 1. The normalized spacial score (nSPS) is 15.1. The maximum Gasteiger partial charge on any atom is 0.259 e. The first-order chi connectivity index (χ1) is 19.0. The molecule has 1 aliphatic carbocycles. The number of nitrogens with zero attached hydrogens (tertiary/aromatic N) is 4. The monoisotopic (exact) mass is 881 g/mol. The number of alkyl halides is 3. The Morgan fingerprint density at radius 2 is 1.90 bits per heavy atom. The minimum atomic E-state index is -0.284. The Hall–Kier alpha value is -1.33. The summed E-state index contributed by atoms with van der Waals surface area (Å²) in [6.07, 6.45) is 4.94. The highest BCUT2D eigenvalue weighted by molar-refractivity contribution is 14.3. The summed E-state index contributed by atoms with van der Waals surface area (Å²) in [5.74, 6) is -0.381. The summed E-state index contributed by atoms with van der Waals surface area (Å²) in [6, 6.07) is 10.5. The number of benzene rings is 2. The van der Waals surface area contributed by atoms with Crippen molar-refractivity contribution in [1.82, 2.24) is 24.6 Å². The van der Waals surface area contributed by atoms with E-state index in [0.717, 1.165) is 41.4 Å². The van der Waals surface area contributed by atoms with Crippen LogP contribution in [-0.2, 0) is 0 Å². The summed E-state index contributed by atoms with van der Waals surface area (Å²) in [4.78, 5) is 34.0. The zero-order chi connectivity index (χ0) is 28.8. The number of carbonyl (C=O) groups excluding carboxylic acids is 1. The number of nitrogens with one attached hydrogen (secondary N) is 1. The van der Waals surface area contributed by atoms with E-state index in [4.69, 9.17) is 0 Å². The fourth-order valence-electron chi connectivity index (χ4n) is 5.44. The van der Waals surface area contributed by atoms with E-state index in [-0.39, 0.29) is 22.8 Å². The zero-order valence-electron chi connectivity index (χ0n) is 22.6. The second-order valence-electron chi connectivity index (χ2n) is 10.5. The van der Waals surface area contributed by atoms with Gasteiger partial charge >= 0.3 is 0 Å². The van der Waals surface area contributed by atoms with Gasteiger partial charge in [0.2, 0.25) is 0 Å². The van der Waals surface area contributed by atoms with E-state index < -0.39 is 0 Å². The van der Waals surface area contributed by atoms with Crippen molar-refractivity contribution in [2.75, 3.05) is 26.7 Å². The number of aromatic nitrogens is 3. The predicted molar refractivity (Wildman–Crippen MR) is 184 cm³/mol. The molecule has 1 N–H and O–H groups in total. The Morgan fingerprint density at radius 3 is 2.50 bits per heavy atom. The van der Waals surface area contributed by atoms with Crippen LogP contribution in [0.1, 0.15) is 59.8 Å². The molecule has 2 heterocycles. The molecular formula is C29H31FI3N5O2. The molecule has 1 saturated carbocycles. The first-order valence-electron chi connectivity index (χ1n) is 13.3. The molecule has 1 fully saturated rings. The van der Waals surface area contributed by atoms with Crippen molar-refractivity contribution in [3.63, 3.8) is 0 Å². The van der Waals surface area contributed by atoms with Gasteiger partial charge in [-0.2, -0.15) is 5.10 Å². The van der Waals surface area contributed by atoms with E-state index in [9.17, 15) is 14.0 Å². The molecule has 0 spiro atoms. The maximum atomic E-state index is 14.0. The number of pyridine rings is 1. The molecule has 0 radical (unpaired) electrons. The molecule has 40 heavy (non-hydrogen) atoms. The molecule has 0 aliphatic heterocycles. The molecule has 4 aromatic rings. The number of halogens is 4. The smallest absolute Gasteiger partial charge is 0.259 e. The summed E-state index contributed by atoms with van der Waals surface area (Å²) in [5, 5.41) is 6.04. The zero-order valence-corrected chi connectivity index (χ0v) is 29.0. The number of hydrogen-bond acceptors (Lipinski definition) is 4. The number of likely N-dealkylation sites (N-methyl/N-ethyl adjacent to an activating group) is 2. The quantitative estimate of drug-likeness (QED) is 0.143. The number of carbonyl (C=O) groups is 1. The number of aryl methyl sites for hydroxylation is 1. The van der Waals surface area contributed by atoms with Crippen LogP contribution >= 0.6 is 67.8 Å². The predicted octanol–water partition coefficient (Wildman–Crippen LogP) is 7.14. The third-order valence-electron chi connectivity index (χ3n) is 7.84. The van der Waals surface area contributed by atoms with Crippen LogP contribution in [0.5, 0.6) is 0 Å². The Kier molecular flexibility index (Phi) is 9.13. The molecule has 0 bridgehead atoms. The van der Waals surface area contributed by atoms with Gasteiger partial charge in [0.15, 0.2) is 0 Å². The summed E-state index contributed by atoms with van der Waals surface area (Å²) >= 11 is 7.21. The van der Waals surface area contributed by atoms with Crippen molar-refractivity contribution < 1.29 is 9.18 Å². The lowest BCUT2D eigenvalue weighted by atomic mass is 9.93. The van der Waals surface area contributed by atoms with E-state index in [1.165, 1.54) is 18.6 Å². The van der Waals surface area contributed by atoms with E-state index in [0.29, 0.717) is 35.6 Å². The minimum Gasteiger partial charge on any atom is -0.337 e. The van der Waals surface area contributed by atoms with Crippen LogP contribution in [-0.4, -0.2) is 56.6 Å². The lowest BCUT2D eigenvalue weighted by Crippen LogP contribution is -2.42. The van der Waals surface area contributed by atoms with Crippen molar-refractivity contribution in [3.8, 4) is 0 Å². The summed E-state index contributed by atoms with van der Waals surface area (Å²) < 4.78 is 15.7. The SMILES string of the molecule is CCN(CC(c1ccc(F)cc1)N(C)CC(I)(I)I)C(=O)c1cc2[nH]c(=O)c3cnn(C4CCC4)c3c2cc1C. The third-order valence-corrected chi connectivity index (χ3v) is 8.86. The Morgan fingerprint density at radius 1 is 1.20 bits per heavy atom. The summed E-state index contributed by atoms with van der Waals surface area (Å²) in [6.45, 7) is 5.64. The Bertz CT molecular complexity index is 1610. The number of H-pyrrole nitrogens is 1. The molecule has 1 aliphatic rings. The molecule has 11 heteroatoms. The Labute approximate surface area is 273 Å². The number of rotatable bonds is 9. The van der Waals surface area contributed by atoms with Crippen LogP contribution in [0.25, 0.3) is 21.8 Å². The van der Waals surface area contributed by atoms with Crippen molar-refractivity contribution in [3.05, 3.63) is 75.5 Å². The average molecular weight is 881 g/mol. The van der Waals surface area contributed by atoms with Crippen molar-refractivity contribution >= 4 is 95.5 Å². The van der Waals surface area contributed by atoms with Crippen LogP contribution in [0.4, 0.5) is 4.39 Å². The molecule has 5 rings (SSSR count). The van der Waals surface area contributed by atoms with E-state index in [1.807, 2.05) is 42.6 Å². The van der Waals surface area contributed by atoms with Gasteiger partial charge in [-0.25, -0.2) is 4.39 Å². The molecule has 2 aromatic carbocycles. The minimum absolute atomic E-state index is 0.0422. The molecule has 7 nitrogen and oxygen atoms in total. The van der Waals surface area contributed by atoms with Gasteiger partial charge in [-0.15, -0.1) is 0 Å². The van der Waals surface area contributed by atoms with Gasteiger partial charge < -0.3 is 9.88 Å². The molecule has 212 valence electrons. The lowest BCUT2D eigenvalue weighted by Gasteiger charge is -2.35. The highest BCUT2D eigenvalue weighted by Gasteiger charge is 2.29. The molecule has 1 unspecified atom stereocenters. The fourth-order valence-corrected chi connectivity index (χ4v) is 7.06. The van der Waals surface area contributed by atoms with E-state index >= 15 is 0 Å². The number of aromatic amines is 1. The van der Waals surface area contributed by atoms with Crippen molar-refractivity contribution in [1.29, 1.82) is 0 Å². The van der Waals surface area contributed by atoms with Gasteiger partial charge in [-0.05, 0) is 75.5 Å². The van der Waals surface area contributed by atoms with Gasteiger partial charge in [0.1, 0.15) is 5.25 Å². The molecule has 2 aromatic heterocycles. The van der Waals surface area contributed by atoms with Crippen LogP contribution in [0.15, 0.2) is 47.4 Å². The second-order valence-corrected chi connectivity index (χ2v) is 22.3. The van der Waals surface area contributed by atoms with Gasteiger partial charge in [0.25, 0.3) is 11.5 Å². The topological polar surface area (TPSA) is 74.2 Å². The van der Waals surface area contributed by atoms with Gasteiger partial charge in [0, 0.05) is 30.6 Å².